The first kappa shape index (κ1) is 24.7. The maximum Gasteiger partial charge on any atom is 0.287 e. The van der Waals surface area contributed by atoms with E-state index in [1.807, 2.05) is 6.92 Å². The van der Waals surface area contributed by atoms with E-state index in [0.29, 0.717) is 24.9 Å². The van der Waals surface area contributed by atoms with Crippen LogP contribution in [-0.4, -0.2) is 62.1 Å². The zero-order valence-electron chi connectivity index (χ0n) is 17.4. The highest BCUT2D eigenvalue weighted by molar-refractivity contribution is 14.0. The summed E-state index contributed by atoms with van der Waals surface area (Å²) in [5, 5.41) is 9.76. The largest absolute Gasteiger partial charge is 0.459 e. The fourth-order valence-electron chi connectivity index (χ4n) is 3.29. The molecule has 2 heterocycles. The maximum atomic E-state index is 12.0. The van der Waals surface area contributed by atoms with E-state index < -0.39 is 0 Å². The van der Waals surface area contributed by atoms with Gasteiger partial charge in [-0.15, -0.1) is 24.0 Å². The van der Waals surface area contributed by atoms with Gasteiger partial charge in [0.1, 0.15) is 0 Å². The normalized spacial score (nSPS) is 15.8. The first-order valence-electron chi connectivity index (χ1n) is 10.2. The third kappa shape index (κ3) is 8.38. The van der Waals surface area contributed by atoms with Crippen LogP contribution >= 0.6 is 24.0 Å². The lowest BCUT2D eigenvalue weighted by molar-refractivity contribution is 0.0925. The number of aliphatic imine (C=N–C) groups is 1. The van der Waals surface area contributed by atoms with E-state index in [1.54, 1.807) is 6.07 Å². The van der Waals surface area contributed by atoms with Gasteiger partial charge in [0.15, 0.2) is 11.7 Å². The van der Waals surface area contributed by atoms with Crippen LogP contribution in [0.25, 0.3) is 0 Å². The minimum absolute atomic E-state index is 0. The van der Waals surface area contributed by atoms with Crippen molar-refractivity contribution in [2.75, 3.05) is 39.3 Å². The number of likely N-dealkylation sites (tertiary alicyclic amines) is 1. The van der Waals surface area contributed by atoms with Crippen molar-refractivity contribution < 1.29 is 9.21 Å². The molecule has 0 saturated carbocycles. The number of halogens is 1. The molecule has 8 heteroatoms. The number of furan rings is 1. The molecule has 28 heavy (non-hydrogen) atoms. The monoisotopic (exact) mass is 505 g/mol. The smallest absolute Gasteiger partial charge is 0.287 e. The van der Waals surface area contributed by atoms with Gasteiger partial charge in [0.05, 0.1) is 6.26 Å². The van der Waals surface area contributed by atoms with E-state index in [0.717, 1.165) is 50.4 Å². The molecule has 1 aromatic heterocycles. The number of amides is 1. The number of carbonyl (C=O) groups is 1. The zero-order chi connectivity index (χ0) is 19.5. The third-order valence-corrected chi connectivity index (χ3v) is 4.77. The van der Waals surface area contributed by atoms with Crippen LogP contribution in [0.2, 0.25) is 0 Å². The van der Waals surface area contributed by atoms with Crippen LogP contribution in [-0.2, 0) is 0 Å². The first-order valence-corrected chi connectivity index (χ1v) is 10.2. The highest BCUT2D eigenvalue weighted by Gasteiger charge is 2.19. The van der Waals surface area contributed by atoms with Gasteiger partial charge in [-0.2, -0.15) is 0 Å². The molecule has 0 aromatic carbocycles. The summed E-state index contributed by atoms with van der Waals surface area (Å²) in [6, 6.07) is 2.28. The zero-order valence-corrected chi connectivity index (χ0v) is 19.8. The van der Waals surface area contributed by atoms with Gasteiger partial charge in [-0.25, -0.2) is 0 Å². The molecular formula is C20H36IN5O2. The van der Waals surface area contributed by atoms with Crippen LogP contribution < -0.4 is 16.0 Å². The SMILES string of the molecule is CCCN1CCC(NC(=NCCCNC(=O)c2occc2C)NCC)CC1.I. The molecule has 0 bridgehead atoms. The molecular weight excluding hydrogens is 469 g/mol. The summed E-state index contributed by atoms with van der Waals surface area (Å²) >= 11 is 0. The molecule has 2 rings (SSSR count). The van der Waals surface area contributed by atoms with Crippen molar-refractivity contribution in [2.24, 2.45) is 4.99 Å². The molecule has 1 saturated heterocycles. The van der Waals surface area contributed by atoms with Crippen molar-refractivity contribution >= 4 is 35.8 Å². The van der Waals surface area contributed by atoms with Gasteiger partial charge in [-0.3, -0.25) is 9.79 Å². The lowest BCUT2D eigenvalue weighted by Crippen LogP contribution is -2.48. The molecule has 160 valence electrons. The van der Waals surface area contributed by atoms with Crippen molar-refractivity contribution in [3.63, 3.8) is 0 Å². The van der Waals surface area contributed by atoms with E-state index >= 15 is 0 Å². The Balaban J connectivity index is 0.00000392. The van der Waals surface area contributed by atoms with Crippen LogP contribution in [0.1, 0.15) is 55.6 Å². The number of carbonyl (C=O) groups excluding carboxylic acids is 1. The summed E-state index contributed by atoms with van der Waals surface area (Å²) in [5.41, 5.74) is 0.856. The standard InChI is InChI=1S/C20H35N5O2.HI/c1-4-12-25-13-7-17(8-14-25)24-20(21-5-2)23-11-6-10-22-19(26)18-16(3)9-15-27-18;/h9,15,17H,4-8,10-14H2,1-3H3,(H,22,26)(H2,21,23,24);1H. The van der Waals surface area contributed by atoms with Gasteiger partial charge in [0.2, 0.25) is 0 Å². The number of aryl methyl sites for hydroxylation is 1. The number of hydrogen-bond donors (Lipinski definition) is 3. The van der Waals surface area contributed by atoms with E-state index in [9.17, 15) is 4.79 Å². The van der Waals surface area contributed by atoms with Gasteiger partial charge < -0.3 is 25.3 Å². The van der Waals surface area contributed by atoms with Crippen molar-refractivity contribution in [1.82, 2.24) is 20.9 Å². The second kappa shape index (κ2) is 13.8. The molecule has 1 aliphatic rings. The molecule has 0 spiro atoms. The predicted octanol–water partition coefficient (Wildman–Crippen LogP) is 2.76. The summed E-state index contributed by atoms with van der Waals surface area (Å²) in [7, 11) is 0. The van der Waals surface area contributed by atoms with Crippen molar-refractivity contribution in [3.8, 4) is 0 Å². The molecule has 1 amide bonds. The quantitative estimate of drug-likeness (QED) is 0.208. The average Bonchev–Trinajstić information content (AvgIpc) is 3.09. The Hall–Kier alpha value is -1.29. The highest BCUT2D eigenvalue weighted by Crippen LogP contribution is 2.10. The summed E-state index contributed by atoms with van der Waals surface area (Å²) in [6.45, 7) is 11.8. The molecule has 0 aliphatic carbocycles. The molecule has 0 atom stereocenters. The van der Waals surface area contributed by atoms with Crippen LogP contribution in [0.15, 0.2) is 21.7 Å². The van der Waals surface area contributed by atoms with E-state index in [2.05, 4.69) is 39.7 Å². The lowest BCUT2D eigenvalue weighted by Gasteiger charge is -2.32. The van der Waals surface area contributed by atoms with E-state index in [-0.39, 0.29) is 29.9 Å². The topological polar surface area (TPSA) is 81.9 Å². The third-order valence-electron chi connectivity index (χ3n) is 4.77. The van der Waals surface area contributed by atoms with Crippen molar-refractivity contribution in [2.45, 2.75) is 52.5 Å². The second-order valence-corrected chi connectivity index (χ2v) is 7.06. The van der Waals surface area contributed by atoms with Crippen LogP contribution in [0.4, 0.5) is 0 Å². The second-order valence-electron chi connectivity index (χ2n) is 7.06. The molecule has 7 nitrogen and oxygen atoms in total. The Kier molecular flexibility index (Phi) is 12.2. The predicted molar refractivity (Wildman–Crippen MR) is 125 cm³/mol. The van der Waals surface area contributed by atoms with Gasteiger partial charge in [0.25, 0.3) is 5.91 Å². The average molecular weight is 505 g/mol. The van der Waals surface area contributed by atoms with E-state index in [1.165, 1.54) is 19.2 Å². The van der Waals surface area contributed by atoms with Crippen LogP contribution in [0.5, 0.6) is 0 Å². The lowest BCUT2D eigenvalue weighted by atomic mass is 10.1. The molecule has 0 radical (unpaired) electrons. The molecule has 1 aromatic rings. The Labute approximate surface area is 186 Å². The number of guanidine groups is 1. The number of piperidine rings is 1. The Morgan fingerprint density at radius 2 is 2.04 bits per heavy atom. The first-order chi connectivity index (χ1) is 13.1. The Morgan fingerprint density at radius 1 is 1.29 bits per heavy atom. The Bertz CT molecular complexity index is 597. The molecule has 1 aliphatic heterocycles. The van der Waals surface area contributed by atoms with Gasteiger partial charge in [-0.1, -0.05) is 6.92 Å². The Morgan fingerprint density at radius 3 is 2.64 bits per heavy atom. The van der Waals surface area contributed by atoms with Gasteiger partial charge in [0, 0.05) is 44.3 Å². The molecule has 0 unspecified atom stereocenters. The highest BCUT2D eigenvalue weighted by atomic mass is 127. The minimum atomic E-state index is -0.162. The number of rotatable bonds is 9. The summed E-state index contributed by atoms with van der Waals surface area (Å²) < 4.78 is 5.20. The van der Waals surface area contributed by atoms with Crippen molar-refractivity contribution in [1.29, 1.82) is 0 Å². The summed E-state index contributed by atoms with van der Waals surface area (Å²) in [4.78, 5) is 19.2. The van der Waals surface area contributed by atoms with Crippen LogP contribution in [0.3, 0.4) is 0 Å². The van der Waals surface area contributed by atoms with E-state index in [4.69, 9.17) is 4.42 Å². The summed E-state index contributed by atoms with van der Waals surface area (Å²) in [5.74, 6) is 1.10. The van der Waals surface area contributed by atoms with Crippen LogP contribution in [0, 0.1) is 6.92 Å². The fourth-order valence-corrected chi connectivity index (χ4v) is 3.29. The maximum absolute atomic E-state index is 12.0. The van der Waals surface area contributed by atoms with Gasteiger partial charge >= 0.3 is 0 Å². The van der Waals surface area contributed by atoms with Gasteiger partial charge in [-0.05, 0) is 52.1 Å². The fraction of sp³-hybridized carbons (Fsp3) is 0.700. The molecule has 1 fully saturated rings. The van der Waals surface area contributed by atoms with Crippen molar-refractivity contribution in [3.05, 3.63) is 23.7 Å². The number of hydrogen-bond acceptors (Lipinski definition) is 4. The summed E-state index contributed by atoms with van der Waals surface area (Å²) in [6.07, 6.45) is 5.86. The number of nitrogens with one attached hydrogen (secondary N) is 3. The molecule has 3 N–H and O–H groups in total. The minimum Gasteiger partial charge on any atom is -0.459 e. The number of nitrogens with zero attached hydrogens (tertiary/aromatic N) is 2.